The van der Waals surface area contributed by atoms with Crippen LogP contribution in [-0.2, 0) is 17.7 Å². The molecule has 6 heteroatoms. The zero-order valence-electron chi connectivity index (χ0n) is 17.8. The summed E-state index contributed by atoms with van der Waals surface area (Å²) in [6, 6.07) is 17.9. The lowest BCUT2D eigenvalue weighted by Gasteiger charge is -2.25. The largest absolute Gasteiger partial charge is 0.442 e. The lowest BCUT2D eigenvalue weighted by Crippen LogP contribution is -2.35. The van der Waals surface area contributed by atoms with E-state index >= 15 is 0 Å². The Hall–Kier alpha value is -3.12. The van der Waals surface area contributed by atoms with Crippen molar-refractivity contribution in [1.82, 2.24) is 9.88 Å². The number of anilines is 1. The molecule has 0 bridgehead atoms. The first-order chi connectivity index (χ1) is 15.2. The molecule has 2 aromatic carbocycles. The molecule has 1 aromatic heterocycles. The Labute approximate surface area is 182 Å². The summed E-state index contributed by atoms with van der Waals surface area (Å²) >= 11 is 0. The molecule has 160 valence electrons. The van der Waals surface area contributed by atoms with E-state index in [1.54, 1.807) is 7.11 Å². The zero-order chi connectivity index (χ0) is 21.2. The zero-order valence-corrected chi connectivity index (χ0v) is 17.8. The van der Waals surface area contributed by atoms with E-state index < -0.39 is 0 Å². The Balaban J connectivity index is 1.31. The second kappa shape index (κ2) is 8.55. The van der Waals surface area contributed by atoms with Crippen LogP contribution in [0.3, 0.4) is 0 Å². The number of fused-ring (bicyclic) bond motifs is 1. The maximum atomic E-state index is 13.1. The molecule has 3 aromatic rings. The molecule has 6 nitrogen and oxygen atoms in total. The van der Waals surface area contributed by atoms with Crippen molar-refractivity contribution in [2.45, 2.75) is 31.9 Å². The number of carbonyl (C=O) groups excluding carboxylic acids is 1. The van der Waals surface area contributed by atoms with Gasteiger partial charge in [0.2, 0.25) is 5.89 Å². The number of ether oxygens (including phenoxy) is 1. The van der Waals surface area contributed by atoms with Gasteiger partial charge in [-0.2, -0.15) is 0 Å². The summed E-state index contributed by atoms with van der Waals surface area (Å²) in [5.41, 5.74) is 3.73. The molecule has 1 saturated heterocycles. The summed E-state index contributed by atoms with van der Waals surface area (Å²) in [5.74, 6) is 1.43. The molecule has 5 rings (SSSR count). The minimum absolute atomic E-state index is 0.0366. The minimum atomic E-state index is -0.353. The molecule has 2 aliphatic heterocycles. The molecule has 0 N–H and O–H groups in total. The van der Waals surface area contributed by atoms with Crippen molar-refractivity contribution < 1.29 is 13.9 Å². The molecule has 1 amide bonds. The van der Waals surface area contributed by atoms with Crippen molar-refractivity contribution >= 4 is 11.6 Å². The fourth-order valence-electron chi connectivity index (χ4n) is 4.48. The van der Waals surface area contributed by atoms with E-state index in [-0.39, 0.29) is 12.0 Å². The maximum absolute atomic E-state index is 13.1. The lowest BCUT2D eigenvalue weighted by atomic mass is 10.1. The first-order valence-electron chi connectivity index (χ1n) is 10.9. The predicted octanol–water partition coefficient (Wildman–Crippen LogP) is 4.21. The highest BCUT2D eigenvalue weighted by Crippen LogP contribution is 2.29. The molecule has 3 heterocycles. The van der Waals surface area contributed by atoms with Crippen LogP contribution in [0.2, 0.25) is 0 Å². The molecular weight excluding hydrogens is 390 g/mol. The van der Waals surface area contributed by atoms with E-state index in [1.807, 2.05) is 47.4 Å². The molecule has 1 fully saturated rings. The van der Waals surface area contributed by atoms with Crippen LogP contribution in [0, 0.1) is 0 Å². The molecule has 2 aliphatic rings. The van der Waals surface area contributed by atoms with Crippen LogP contribution in [0.5, 0.6) is 0 Å². The first kappa shape index (κ1) is 19.8. The molecule has 31 heavy (non-hydrogen) atoms. The third-order valence-electron chi connectivity index (χ3n) is 6.18. The normalized spacial score (nSPS) is 16.9. The van der Waals surface area contributed by atoms with E-state index in [4.69, 9.17) is 14.1 Å². The quantitative estimate of drug-likeness (QED) is 0.622. The average molecular weight is 418 g/mol. The molecule has 1 unspecified atom stereocenters. The summed E-state index contributed by atoms with van der Waals surface area (Å²) in [4.78, 5) is 22.0. The summed E-state index contributed by atoms with van der Waals surface area (Å²) in [5, 5.41) is 0. The Morgan fingerprint density at radius 2 is 1.77 bits per heavy atom. The summed E-state index contributed by atoms with van der Waals surface area (Å²) < 4.78 is 11.7. The molecule has 0 radical (unpaired) electrons. The second-order valence-corrected chi connectivity index (χ2v) is 8.17. The minimum Gasteiger partial charge on any atom is -0.442 e. The number of nitrogens with zero attached hydrogens (tertiary/aromatic N) is 3. The Morgan fingerprint density at radius 1 is 1.03 bits per heavy atom. The van der Waals surface area contributed by atoms with Gasteiger partial charge in [0.05, 0.1) is 6.54 Å². The Bertz CT molecular complexity index is 1040. The van der Waals surface area contributed by atoms with E-state index in [9.17, 15) is 4.79 Å². The van der Waals surface area contributed by atoms with Crippen LogP contribution >= 0.6 is 0 Å². The van der Waals surface area contributed by atoms with E-state index in [2.05, 4.69) is 17.0 Å². The summed E-state index contributed by atoms with van der Waals surface area (Å²) in [7, 11) is 1.66. The molecule has 0 spiro atoms. The van der Waals surface area contributed by atoms with Gasteiger partial charge >= 0.3 is 0 Å². The number of carbonyl (C=O) groups is 1. The van der Waals surface area contributed by atoms with Gasteiger partial charge in [-0.3, -0.25) is 4.79 Å². The second-order valence-electron chi connectivity index (χ2n) is 8.17. The van der Waals surface area contributed by atoms with Gasteiger partial charge in [-0.05, 0) is 42.7 Å². The van der Waals surface area contributed by atoms with E-state index in [1.165, 1.54) is 18.5 Å². The monoisotopic (exact) mass is 417 g/mol. The van der Waals surface area contributed by atoms with Crippen LogP contribution in [-0.4, -0.2) is 42.5 Å². The van der Waals surface area contributed by atoms with Crippen molar-refractivity contribution in [2.75, 3.05) is 31.6 Å². The van der Waals surface area contributed by atoms with E-state index in [0.717, 1.165) is 30.1 Å². The highest BCUT2D eigenvalue weighted by molar-refractivity contribution is 5.94. The number of amides is 1. The third-order valence-corrected chi connectivity index (χ3v) is 6.18. The van der Waals surface area contributed by atoms with Crippen LogP contribution in [0.15, 0.2) is 59.0 Å². The number of hydrogen-bond donors (Lipinski definition) is 0. The lowest BCUT2D eigenvalue weighted by molar-refractivity contribution is 0.0727. The van der Waals surface area contributed by atoms with Gasteiger partial charge in [0, 0.05) is 44.4 Å². The number of methoxy groups -OCH3 is 1. The average Bonchev–Trinajstić information content (AvgIpc) is 3.50. The van der Waals surface area contributed by atoms with Crippen molar-refractivity contribution in [1.29, 1.82) is 0 Å². The molecule has 0 aliphatic carbocycles. The Morgan fingerprint density at radius 3 is 2.48 bits per heavy atom. The van der Waals surface area contributed by atoms with Crippen molar-refractivity contribution in [3.63, 3.8) is 0 Å². The summed E-state index contributed by atoms with van der Waals surface area (Å²) in [6.07, 6.45) is 2.79. The fourth-order valence-corrected chi connectivity index (χ4v) is 4.48. The van der Waals surface area contributed by atoms with Crippen molar-refractivity contribution in [3.8, 4) is 0 Å². The predicted molar refractivity (Wildman–Crippen MR) is 118 cm³/mol. The highest BCUT2D eigenvalue weighted by atomic mass is 16.5. The Kier molecular flexibility index (Phi) is 5.47. The van der Waals surface area contributed by atoms with Crippen molar-refractivity contribution in [3.05, 3.63) is 83.1 Å². The number of rotatable bonds is 5. The molecule has 0 saturated carbocycles. The van der Waals surface area contributed by atoms with Gasteiger partial charge in [0.25, 0.3) is 5.91 Å². The number of oxazole rings is 1. The van der Waals surface area contributed by atoms with Crippen LogP contribution in [0.4, 0.5) is 5.69 Å². The van der Waals surface area contributed by atoms with Crippen LogP contribution in [0.1, 0.15) is 52.2 Å². The van der Waals surface area contributed by atoms with Gasteiger partial charge in [0.15, 0.2) is 6.10 Å². The van der Waals surface area contributed by atoms with Gasteiger partial charge in [-0.15, -0.1) is 0 Å². The topological polar surface area (TPSA) is 58.8 Å². The first-order valence-corrected chi connectivity index (χ1v) is 10.9. The van der Waals surface area contributed by atoms with Crippen LogP contribution < -0.4 is 4.90 Å². The van der Waals surface area contributed by atoms with Crippen molar-refractivity contribution in [2.24, 2.45) is 0 Å². The fraction of sp³-hybridized carbons (Fsp3) is 0.360. The number of hydrogen-bond acceptors (Lipinski definition) is 5. The van der Waals surface area contributed by atoms with Gasteiger partial charge < -0.3 is 19.0 Å². The van der Waals surface area contributed by atoms with E-state index in [0.29, 0.717) is 31.0 Å². The summed E-state index contributed by atoms with van der Waals surface area (Å²) in [6.45, 7) is 3.28. The van der Waals surface area contributed by atoms with Gasteiger partial charge in [-0.25, -0.2) is 4.98 Å². The maximum Gasteiger partial charge on any atom is 0.254 e. The third kappa shape index (κ3) is 3.95. The van der Waals surface area contributed by atoms with Gasteiger partial charge in [-0.1, -0.05) is 30.3 Å². The smallest absolute Gasteiger partial charge is 0.254 e. The van der Waals surface area contributed by atoms with Crippen LogP contribution in [0.25, 0.3) is 0 Å². The van der Waals surface area contributed by atoms with Gasteiger partial charge in [0.1, 0.15) is 11.5 Å². The highest BCUT2D eigenvalue weighted by Gasteiger charge is 2.29. The standard InChI is InChI=1S/C25H27N3O3/c1-30-23(18-7-3-2-4-8-18)24-26-21-17-28(16-13-22(21)31-24)25(29)19-9-11-20(12-10-19)27-14-5-6-15-27/h2-4,7-12,23H,5-6,13-17H2,1H3. The number of aromatic nitrogens is 1. The molecule has 1 atom stereocenters. The SMILES string of the molecule is COC(c1ccccc1)c1nc2c(o1)CCN(C(=O)c1ccc(N3CCCC3)cc1)C2. The molecular formula is C25H27N3O3. The number of benzene rings is 2.